The minimum Gasteiger partial charge on any atom is -0.369 e. The van der Waals surface area contributed by atoms with Crippen molar-refractivity contribution in [1.29, 1.82) is 0 Å². The first-order valence-electron chi connectivity index (χ1n) is 9.99. The van der Waals surface area contributed by atoms with Gasteiger partial charge in [0.1, 0.15) is 4.83 Å². The second-order valence-electron chi connectivity index (χ2n) is 7.78. The van der Waals surface area contributed by atoms with Crippen molar-refractivity contribution in [2.24, 2.45) is 11.7 Å². The third-order valence-corrected chi connectivity index (χ3v) is 7.79. The van der Waals surface area contributed by atoms with Gasteiger partial charge in [0.25, 0.3) is 5.56 Å². The number of nitrogens with two attached hydrogens (primary N) is 1. The molecule has 2 unspecified atom stereocenters. The Bertz CT molecular complexity index is 1100. The molecule has 0 radical (unpaired) electrons. The van der Waals surface area contributed by atoms with Crippen molar-refractivity contribution in [3.63, 3.8) is 0 Å². The van der Waals surface area contributed by atoms with E-state index in [0.29, 0.717) is 17.6 Å². The van der Waals surface area contributed by atoms with Crippen LogP contribution in [0.25, 0.3) is 10.2 Å². The fourth-order valence-electron chi connectivity index (χ4n) is 3.79. The van der Waals surface area contributed by atoms with Crippen molar-refractivity contribution in [2.45, 2.75) is 56.5 Å². The average Bonchev–Trinajstić information content (AvgIpc) is 3.05. The molecule has 152 valence electrons. The fourth-order valence-corrected chi connectivity index (χ4v) is 6.10. The average molecular weight is 428 g/mol. The number of carbonyl (C=O) groups excluding carboxylic acids is 1. The van der Waals surface area contributed by atoms with E-state index in [1.807, 2.05) is 18.2 Å². The van der Waals surface area contributed by atoms with Crippen molar-refractivity contribution in [2.75, 3.05) is 0 Å². The van der Waals surface area contributed by atoms with E-state index in [1.165, 1.54) is 27.8 Å². The number of rotatable bonds is 6. The lowest BCUT2D eigenvalue weighted by Gasteiger charge is -2.18. The number of amides is 1. The first kappa shape index (κ1) is 20.2. The monoisotopic (exact) mass is 427 g/mol. The van der Waals surface area contributed by atoms with Gasteiger partial charge in [0, 0.05) is 11.4 Å². The van der Waals surface area contributed by atoms with Crippen molar-refractivity contribution in [3.8, 4) is 0 Å². The summed E-state index contributed by atoms with van der Waals surface area (Å²) in [4.78, 5) is 32.1. The third-order valence-electron chi connectivity index (χ3n) is 5.53. The van der Waals surface area contributed by atoms with Gasteiger partial charge in [0.2, 0.25) is 5.91 Å². The van der Waals surface area contributed by atoms with E-state index in [9.17, 15) is 9.59 Å². The summed E-state index contributed by atoms with van der Waals surface area (Å²) in [6.45, 7) is 4.54. The Labute approximate surface area is 178 Å². The zero-order valence-corrected chi connectivity index (χ0v) is 18.3. The molecule has 1 amide bonds. The summed E-state index contributed by atoms with van der Waals surface area (Å²) >= 11 is 2.91. The zero-order chi connectivity index (χ0) is 20.5. The van der Waals surface area contributed by atoms with Crippen LogP contribution in [-0.2, 0) is 30.6 Å². The lowest BCUT2D eigenvalue weighted by Crippen LogP contribution is -2.28. The molecule has 0 saturated heterocycles. The number of primary amides is 1. The van der Waals surface area contributed by atoms with E-state index < -0.39 is 11.2 Å². The highest BCUT2D eigenvalue weighted by atomic mass is 32.2. The Morgan fingerprint density at radius 3 is 2.86 bits per heavy atom. The first-order chi connectivity index (χ1) is 13.9. The van der Waals surface area contributed by atoms with Gasteiger partial charge in [0.15, 0.2) is 5.16 Å². The molecule has 7 heteroatoms. The number of hydrogen-bond donors (Lipinski definition) is 1. The molecule has 0 bridgehead atoms. The van der Waals surface area contributed by atoms with Crippen LogP contribution >= 0.6 is 23.1 Å². The Balaban J connectivity index is 1.79. The Hall–Kier alpha value is -2.12. The van der Waals surface area contributed by atoms with Gasteiger partial charge in [-0.25, -0.2) is 4.98 Å². The number of hydrogen-bond acceptors (Lipinski definition) is 5. The molecule has 0 fully saturated rings. The topological polar surface area (TPSA) is 78.0 Å². The quantitative estimate of drug-likeness (QED) is 0.480. The Kier molecular flexibility index (Phi) is 5.79. The minimum atomic E-state index is -0.447. The molecule has 5 nitrogen and oxygen atoms in total. The molecule has 0 spiro atoms. The summed E-state index contributed by atoms with van der Waals surface area (Å²) in [5, 5.41) is 0.911. The van der Waals surface area contributed by atoms with Gasteiger partial charge in [0.05, 0.1) is 10.6 Å². The SMILES string of the molecule is CC1CCc2c(sc3nc(SC(C)C(N)=O)n(CCc4ccccc4)c(=O)c23)C1. The maximum Gasteiger partial charge on any atom is 0.263 e. The minimum absolute atomic E-state index is 0.0113. The van der Waals surface area contributed by atoms with Gasteiger partial charge in [-0.3, -0.25) is 14.2 Å². The normalized spacial score (nSPS) is 17.2. The smallest absolute Gasteiger partial charge is 0.263 e. The van der Waals surface area contributed by atoms with Gasteiger partial charge in [-0.2, -0.15) is 0 Å². The molecule has 3 aromatic rings. The second kappa shape index (κ2) is 8.32. The maximum absolute atomic E-state index is 13.5. The third kappa shape index (κ3) is 4.12. The lowest BCUT2D eigenvalue weighted by atomic mass is 9.89. The molecule has 0 aliphatic heterocycles. The molecule has 0 saturated carbocycles. The van der Waals surface area contributed by atoms with E-state index in [1.54, 1.807) is 22.8 Å². The van der Waals surface area contributed by atoms with Crippen LogP contribution in [0.5, 0.6) is 0 Å². The van der Waals surface area contributed by atoms with E-state index in [4.69, 9.17) is 10.7 Å². The first-order valence-corrected chi connectivity index (χ1v) is 11.7. The number of carbonyl (C=O) groups is 1. The zero-order valence-electron chi connectivity index (χ0n) is 16.7. The van der Waals surface area contributed by atoms with Gasteiger partial charge in [-0.15, -0.1) is 11.3 Å². The molecular weight excluding hydrogens is 402 g/mol. The predicted molar refractivity (Wildman–Crippen MR) is 120 cm³/mol. The molecule has 2 aromatic heterocycles. The van der Waals surface area contributed by atoms with E-state index in [2.05, 4.69) is 19.1 Å². The Morgan fingerprint density at radius 2 is 2.14 bits per heavy atom. The van der Waals surface area contributed by atoms with Gasteiger partial charge < -0.3 is 5.73 Å². The van der Waals surface area contributed by atoms with Crippen molar-refractivity contribution in [3.05, 3.63) is 56.7 Å². The number of thiophene rings is 1. The molecule has 2 atom stereocenters. The van der Waals surface area contributed by atoms with Crippen LogP contribution < -0.4 is 11.3 Å². The van der Waals surface area contributed by atoms with Crippen LogP contribution in [0.2, 0.25) is 0 Å². The molecule has 2 heterocycles. The van der Waals surface area contributed by atoms with Gasteiger partial charge in [-0.1, -0.05) is 49.0 Å². The molecule has 1 aliphatic carbocycles. The molecular formula is C22H25N3O2S2. The highest BCUT2D eigenvalue weighted by molar-refractivity contribution is 8.00. The number of nitrogens with zero attached hydrogens (tertiary/aromatic N) is 2. The number of benzene rings is 1. The van der Waals surface area contributed by atoms with Crippen LogP contribution in [0.15, 0.2) is 40.3 Å². The summed E-state index contributed by atoms with van der Waals surface area (Å²) in [5.74, 6) is 0.234. The summed E-state index contributed by atoms with van der Waals surface area (Å²) in [5.41, 5.74) is 7.84. The number of fused-ring (bicyclic) bond motifs is 3. The summed E-state index contributed by atoms with van der Waals surface area (Å²) < 4.78 is 1.74. The summed E-state index contributed by atoms with van der Waals surface area (Å²) in [6.07, 6.45) is 3.80. The molecule has 2 N–H and O–H groups in total. The Morgan fingerprint density at radius 1 is 1.38 bits per heavy atom. The maximum atomic E-state index is 13.5. The van der Waals surface area contributed by atoms with Gasteiger partial charge >= 0.3 is 0 Å². The second-order valence-corrected chi connectivity index (χ2v) is 10.2. The van der Waals surface area contributed by atoms with Crippen molar-refractivity contribution in [1.82, 2.24) is 9.55 Å². The van der Waals surface area contributed by atoms with Crippen LogP contribution in [0.4, 0.5) is 0 Å². The highest BCUT2D eigenvalue weighted by Crippen LogP contribution is 2.36. The van der Waals surface area contributed by atoms with Crippen molar-refractivity contribution >= 4 is 39.2 Å². The number of aryl methyl sites for hydroxylation is 2. The molecule has 1 aromatic carbocycles. The largest absolute Gasteiger partial charge is 0.369 e. The lowest BCUT2D eigenvalue weighted by molar-refractivity contribution is -0.117. The fraction of sp³-hybridized carbons (Fsp3) is 0.409. The molecule has 4 rings (SSSR count). The van der Waals surface area contributed by atoms with Crippen LogP contribution in [0, 0.1) is 5.92 Å². The van der Waals surface area contributed by atoms with Crippen LogP contribution in [0.3, 0.4) is 0 Å². The highest BCUT2D eigenvalue weighted by Gasteiger charge is 2.25. The number of aromatic nitrogens is 2. The van der Waals surface area contributed by atoms with E-state index in [-0.39, 0.29) is 5.56 Å². The summed E-state index contributed by atoms with van der Waals surface area (Å²) in [7, 11) is 0. The van der Waals surface area contributed by atoms with Crippen molar-refractivity contribution < 1.29 is 4.79 Å². The van der Waals surface area contributed by atoms with E-state index in [0.717, 1.165) is 35.9 Å². The molecule has 29 heavy (non-hydrogen) atoms. The molecule has 1 aliphatic rings. The number of thioether (sulfide) groups is 1. The van der Waals surface area contributed by atoms with E-state index >= 15 is 0 Å². The predicted octanol–water partition coefficient (Wildman–Crippen LogP) is 3.79. The van der Waals surface area contributed by atoms with Gasteiger partial charge in [-0.05, 0) is 49.7 Å². The standard InChI is InChI=1S/C22H25N3O2S2/c1-13-8-9-16-17(12-13)29-20-18(16)21(27)25(11-10-15-6-4-3-5-7-15)22(24-20)28-14(2)19(23)26/h3-7,13-14H,8-12H2,1-2H3,(H2,23,26). The van der Waals surface area contributed by atoms with Crippen LogP contribution in [0.1, 0.15) is 36.3 Å². The van der Waals surface area contributed by atoms with Crippen LogP contribution in [-0.4, -0.2) is 20.7 Å². The summed E-state index contributed by atoms with van der Waals surface area (Å²) in [6, 6.07) is 10.1.